The number of oxazole rings is 1. The number of benzene rings is 2. The van der Waals surface area contributed by atoms with Crippen molar-refractivity contribution in [2.45, 2.75) is 6.54 Å². The maximum Gasteiger partial charge on any atom is 0.417 e. The molecule has 0 fully saturated rings. The largest absolute Gasteiger partial charge is 0.417 e. The molecule has 0 aliphatic carbocycles. The molecule has 96 valence electrons. The molecule has 0 unspecified atom stereocenters. The standard InChI is InChI=1S/C14H13N3O2/c15-10-3-1-2-4-11(10)16-8-9-5-6-13-12(7-9)17-14(18)19-13/h1-7,16H,8,15H2,(H,17,18). The summed E-state index contributed by atoms with van der Waals surface area (Å²) < 4.78 is 4.95. The lowest BCUT2D eigenvalue weighted by Gasteiger charge is -2.08. The molecule has 5 nitrogen and oxygen atoms in total. The Bertz CT molecular complexity index is 773. The Morgan fingerprint density at radius 3 is 2.89 bits per heavy atom. The minimum Gasteiger partial charge on any atom is -0.408 e. The molecule has 0 bridgehead atoms. The first kappa shape index (κ1) is 11.4. The molecule has 1 heterocycles. The monoisotopic (exact) mass is 255 g/mol. The molecular formula is C14H13N3O2. The number of H-pyrrole nitrogens is 1. The zero-order valence-corrected chi connectivity index (χ0v) is 10.1. The van der Waals surface area contributed by atoms with Crippen LogP contribution >= 0.6 is 0 Å². The van der Waals surface area contributed by atoms with Crippen molar-refractivity contribution < 1.29 is 4.42 Å². The molecule has 0 aliphatic heterocycles. The Balaban J connectivity index is 1.82. The van der Waals surface area contributed by atoms with Crippen LogP contribution in [0.4, 0.5) is 11.4 Å². The number of aromatic nitrogens is 1. The van der Waals surface area contributed by atoms with Crippen LogP contribution in [0.15, 0.2) is 51.7 Å². The minimum absolute atomic E-state index is 0.438. The van der Waals surface area contributed by atoms with E-state index in [4.69, 9.17) is 10.2 Å². The summed E-state index contributed by atoms with van der Waals surface area (Å²) in [5.74, 6) is -0.438. The highest BCUT2D eigenvalue weighted by atomic mass is 16.4. The molecule has 0 spiro atoms. The molecular weight excluding hydrogens is 242 g/mol. The Morgan fingerprint density at radius 2 is 2.05 bits per heavy atom. The second kappa shape index (κ2) is 4.53. The Morgan fingerprint density at radius 1 is 1.21 bits per heavy atom. The molecule has 19 heavy (non-hydrogen) atoms. The van der Waals surface area contributed by atoms with Crippen LogP contribution in [0, 0.1) is 0 Å². The molecule has 0 atom stereocenters. The molecule has 1 aromatic heterocycles. The van der Waals surface area contributed by atoms with Gasteiger partial charge in [0.25, 0.3) is 0 Å². The summed E-state index contributed by atoms with van der Waals surface area (Å²) in [4.78, 5) is 13.7. The number of rotatable bonds is 3. The minimum atomic E-state index is -0.438. The molecule has 3 aromatic rings. The third-order valence-corrected chi connectivity index (χ3v) is 2.93. The van der Waals surface area contributed by atoms with E-state index in [0.717, 1.165) is 11.3 Å². The van der Waals surface area contributed by atoms with Crippen molar-refractivity contribution in [2.24, 2.45) is 0 Å². The highest BCUT2D eigenvalue weighted by Gasteiger charge is 2.02. The number of fused-ring (bicyclic) bond motifs is 1. The van der Waals surface area contributed by atoms with E-state index in [-0.39, 0.29) is 0 Å². The van der Waals surface area contributed by atoms with Gasteiger partial charge in [0, 0.05) is 6.54 Å². The summed E-state index contributed by atoms with van der Waals surface area (Å²) in [6, 6.07) is 13.2. The SMILES string of the molecule is Nc1ccccc1NCc1ccc2oc(=O)[nH]c2c1. The lowest BCUT2D eigenvalue weighted by atomic mass is 10.2. The Hall–Kier alpha value is -2.69. The van der Waals surface area contributed by atoms with Crippen molar-refractivity contribution in [2.75, 3.05) is 11.1 Å². The fourth-order valence-corrected chi connectivity index (χ4v) is 1.96. The number of hydrogen-bond donors (Lipinski definition) is 3. The number of para-hydroxylation sites is 2. The van der Waals surface area contributed by atoms with Crippen molar-refractivity contribution in [3.63, 3.8) is 0 Å². The van der Waals surface area contributed by atoms with Crippen molar-refractivity contribution in [1.29, 1.82) is 0 Å². The van der Waals surface area contributed by atoms with Crippen LogP contribution in [0.5, 0.6) is 0 Å². The smallest absolute Gasteiger partial charge is 0.408 e. The fraction of sp³-hybridized carbons (Fsp3) is 0.0714. The van der Waals surface area contributed by atoms with E-state index in [1.54, 1.807) is 6.07 Å². The molecule has 4 N–H and O–H groups in total. The van der Waals surface area contributed by atoms with E-state index in [1.807, 2.05) is 36.4 Å². The van der Waals surface area contributed by atoms with E-state index in [9.17, 15) is 4.79 Å². The van der Waals surface area contributed by atoms with Gasteiger partial charge in [-0.05, 0) is 29.8 Å². The molecule has 0 saturated carbocycles. The van der Waals surface area contributed by atoms with Gasteiger partial charge in [-0.15, -0.1) is 0 Å². The van der Waals surface area contributed by atoms with Gasteiger partial charge in [-0.3, -0.25) is 4.98 Å². The first-order valence-electron chi connectivity index (χ1n) is 5.92. The second-order valence-corrected chi connectivity index (χ2v) is 4.29. The number of nitrogens with two attached hydrogens (primary N) is 1. The van der Waals surface area contributed by atoms with Crippen molar-refractivity contribution >= 4 is 22.5 Å². The van der Waals surface area contributed by atoms with E-state index < -0.39 is 5.76 Å². The normalized spacial score (nSPS) is 10.7. The van der Waals surface area contributed by atoms with Crippen LogP contribution in [0.2, 0.25) is 0 Å². The number of nitrogen functional groups attached to an aromatic ring is 1. The predicted molar refractivity (Wildman–Crippen MR) is 75.0 cm³/mol. The summed E-state index contributed by atoms with van der Waals surface area (Å²) in [5, 5.41) is 3.25. The highest BCUT2D eigenvalue weighted by Crippen LogP contribution is 2.19. The van der Waals surface area contributed by atoms with Gasteiger partial charge in [-0.2, -0.15) is 0 Å². The van der Waals surface area contributed by atoms with Gasteiger partial charge in [0.05, 0.1) is 16.9 Å². The molecule has 0 amide bonds. The number of anilines is 2. The van der Waals surface area contributed by atoms with Gasteiger partial charge in [0.1, 0.15) is 0 Å². The van der Waals surface area contributed by atoms with Crippen LogP contribution in [0.25, 0.3) is 11.1 Å². The molecule has 0 radical (unpaired) electrons. The number of hydrogen-bond acceptors (Lipinski definition) is 4. The highest BCUT2D eigenvalue weighted by molar-refractivity contribution is 5.73. The van der Waals surface area contributed by atoms with Crippen molar-refractivity contribution in [3.05, 3.63) is 58.6 Å². The zero-order chi connectivity index (χ0) is 13.2. The van der Waals surface area contributed by atoms with Gasteiger partial charge in [-0.25, -0.2) is 4.79 Å². The molecule has 2 aromatic carbocycles. The molecule has 0 aliphatic rings. The van der Waals surface area contributed by atoms with E-state index >= 15 is 0 Å². The fourth-order valence-electron chi connectivity index (χ4n) is 1.96. The number of aromatic amines is 1. The topological polar surface area (TPSA) is 84.0 Å². The molecule has 3 rings (SSSR count). The number of nitrogens with one attached hydrogen (secondary N) is 2. The van der Waals surface area contributed by atoms with E-state index in [1.165, 1.54) is 0 Å². The summed E-state index contributed by atoms with van der Waals surface area (Å²) in [6.45, 7) is 0.622. The summed E-state index contributed by atoms with van der Waals surface area (Å²) in [6.07, 6.45) is 0. The van der Waals surface area contributed by atoms with Gasteiger partial charge < -0.3 is 15.5 Å². The molecule has 5 heteroatoms. The summed E-state index contributed by atoms with van der Waals surface area (Å²) >= 11 is 0. The van der Waals surface area contributed by atoms with Gasteiger partial charge in [0.15, 0.2) is 5.58 Å². The third kappa shape index (κ3) is 2.30. The van der Waals surface area contributed by atoms with Crippen LogP contribution in [0.3, 0.4) is 0 Å². The van der Waals surface area contributed by atoms with Gasteiger partial charge in [-0.1, -0.05) is 18.2 Å². The Labute approximate surface area is 109 Å². The molecule has 0 saturated heterocycles. The van der Waals surface area contributed by atoms with Crippen LogP contribution in [-0.2, 0) is 6.54 Å². The van der Waals surface area contributed by atoms with Crippen LogP contribution in [-0.4, -0.2) is 4.98 Å². The summed E-state index contributed by atoms with van der Waals surface area (Å²) in [7, 11) is 0. The lowest BCUT2D eigenvalue weighted by Crippen LogP contribution is -2.02. The Kier molecular flexibility index (Phi) is 2.72. The quantitative estimate of drug-likeness (QED) is 0.627. The zero-order valence-electron chi connectivity index (χ0n) is 10.1. The maximum atomic E-state index is 11.1. The van der Waals surface area contributed by atoms with Crippen molar-refractivity contribution in [1.82, 2.24) is 4.98 Å². The van der Waals surface area contributed by atoms with Crippen LogP contribution in [0.1, 0.15) is 5.56 Å². The van der Waals surface area contributed by atoms with Gasteiger partial charge >= 0.3 is 5.76 Å². The van der Waals surface area contributed by atoms with Crippen LogP contribution < -0.4 is 16.8 Å². The average molecular weight is 255 g/mol. The van der Waals surface area contributed by atoms with E-state index in [0.29, 0.717) is 23.3 Å². The summed E-state index contributed by atoms with van der Waals surface area (Å²) in [5.41, 5.74) is 9.75. The first-order valence-corrected chi connectivity index (χ1v) is 5.92. The average Bonchev–Trinajstić information content (AvgIpc) is 2.77. The van der Waals surface area contributed by atoms with Crippen molar-refractivity contribution in [3.8, 4) is 0 Å². The lowest BCUT2D eigenvalue weighted by molar-refractivity contribution is 0.555. The second-order valence-electron chi connectivity index (χ2n) is 4.29. The third-order valence-electron chi connectivity index (χ3n) is 2.93. The maximum absolute atomic E-state index is 11.1. The predicted octanol–water partition coefficient (Wildman–Crippen LogP) is 2.32. The van der Waals surface area contributed by atoms with Gasteiger partial charge in [0.2, 0.25) is 0 Å². The van der Waals surface area contributed by atoms with E-state index in [2.05, 4.69) is 10.3 Å². The first-order chi connectivity index (χ1) is 9.22.